The summed E-state index contributed by atoms with van der Waals surface area (Å²) >= 11 is 1.68. The number of benzene rings is 3. The Morgan fingerprint density at radius 3 is 2.48 bits per heavy atom. The molecule has 0 amide bonds. The third kappa shape index (κ3) is 3.55. The summed E-state index contributed by atoms with van der Waals surface area (Å²) in [5.74, 6) is 0. The van der Waals surface area contributed by atoms with Crippen molar-refractivity contribution in [2.75, 3.05) is 0 Å². The first-order valence-corrected chi connectivity index (χ1v) is 11.1. The van der Waals surface area contributed by atoms with Crippen molar-refractivity contribution in [1.29, 1.82) is 0 Å². The molecule has 0 atom stereocenters. The van der Waals surface area contributed by atoms with Crippen molar-refractivity contribution in [2.45, 2.75) is 38.9 Å². The van der Waals surface area contributed by atoms with Gasteiger partial charge in [-0.25, -0.2) is 4.98 Å². The van der Waals surface area contributed by atoms with Crippen molar-refractivity contribution in [1.82, 2.24) is 4.98 Å². The van der Waals surface area contributed by atoms with E-state index in [0.29, 0.717) is 0 Å². The zero-order valence-corrected chi connectivity index (χ0v) is 18.8. The molecule has 0 saturated carbocycles. The fourth-order valence-corrected chi connectivity index (χ4v) is 4.38. The van der Waals surface area contributed by atoms with Gasteiger partial charge in [-0.05, 0) is 39.2 Å². The summed E-state index contributed by atoms with van der Waals surface area (Å²) in [4.78, 5) is 4.82. The van der Waals surface area contributed by atoms with Gasteiger partial charge in [0.15, 0.2) is 0 Å². The van der Waals surface area contributed by atoms with E-state index >= 15 is 0 Å². The smallest absolute Gasteiger partial charge is 0.334 e. The van der Waals surface area contributed by atoms with Gasteiger partial charge < -0.3 is 14.2 Å². The highest BCUT2D eigenvalue weighted by Gasteiger charge is 2.36. The number of aromatic nitrogens is 1. The number of para-hydroxylation sites is 1. The molecule has 0 aliphatic carbocycles. The summed E-state index contributed by atoms with van der Waals surface area (Å²) in [6.45, 7) is 7.22. The molecule has 0 spiro atoms. The molecule has 4 nitrogen and oxygen atoms in total. The minimum Gasteiger partial charge on any atom is -0.456 e. The molecule has 2 heterocycles. The van der Waals surface area contributed by atoms with Crippen LogP contribution in [0.25, 0.3) is 42.7 Å². The van der Waals surface area contributed by atoms with Crippen molar-refractivity contribution in [3.63, 3.8) is 0 Å². The molecule has 0 saturated heterocycles. The van der Waals surface area contributed by atoms with Crippen LogP contribution in [0.4, 0.5) is 0 Å². The Bertz CT molecular complexity index is 1400. The number of furan rings is 1. The summed E-state index contributed by atoms with van der Waals surface area (Å²) < 4.78 is 13.3. The van der Waals surface area contributed by atoms with E-state index in [0.717, 1.165) is 48.2 Å². The maximum absolute atomic E-state index is 10.4. The molecule has 0 aliphatic heterocycles. The molecule has 0 fully saturated rings. The molecular weight excluding hydrogens is 405 g/mol. The van der Waals surface area contributed by atoms with Gasteiger partial charge in [0.1, 0.15) is 16.2 Å². The summed E-state index contributed by atoms with van der Waals surface area (Å²) in [5.41, 5.74) is 2.72. The molecule has 31 heavy (non-hydrogen) atoms. The maximum atomic E-state index is 10.4. The van der Waals surface area contributed by atoms with Gasteiger partial charge in [0.2, 0.25) is 0 Å². The van der Waals surface area contributed by atoms with Crippen molar-refractivity contribution in [2.24, 2.45) is 0 Å². The predicted octanol–water partition coefficient (Wildman–Crippen LogP) is 5.67. The predicted molar refractivity (Wildman–Crippen MR) is 129 cm³/mol. The Morgan fingerprint density at radius 1 is 0.968 bits per heavy atom. The fourth-order valence-electron chi connectivity index (χ4n) is 3.39. The van der Waals surface area contributed by atoms with E-state index in [1.54, 1.807) is 32.7 Å². The van der Waals surface area contributed by atoms with Gasteiger partial charge in [-0.2, -0.15) is 0 Å². The Morgan fingerprint density at radius 2 is 1.74 bits per heavy atom. The number of thiazole rings is 1. The van der Waals surface area contributed by atoms with Gasteiger partial charge in [-0.1, -0.05) is 48.5 Å². The zero-order valence-electron chi connectivity index (χ0n) is 18.0. The van der Waals surface area contributed by atoms with E-state index in [1.807, 2.05) is 50.2 Å². The van der Waals surface area contributed by atoms with Crippen LogP contribution in [0.5, 0.6) is 0 Å². The van der Waals surface area contributed by atoms with Crippen LogP contribution < -0.4 is 5.46 Å². The number of nitrogens with zero attached hydrogens (tertiary/aromatic N) is 1. The lowest BCUT2D eigenvalue weighted by Crippen LogP contribution is -2.49. The second-order valence-corrected chi connectivity index (χ2v) is 9.86. The molecule has 0 unspecified atom stereocenters. The lowest BCUT2D eigenvalue weighted by Gasteiger charge is -2.37. The van der Waals surface area contributed by atoms with Crippen LogP contribution in [0.1, 0.15) is 27.7 Å². The molecule has 1 N–H and O–H groups in total. The van der Waals surface area contributed by atoms with Gasteiger partial charge >= 0.3 is 7.48 Å². The van der Waals surface area contributed by atoms with Crippen LogP contribution in [-0.2, 0) is 4.65 Å². The second-order valence-electron chi connectivity index (χ2n) is 8.83. The molecule has 3 aromatic carbocycles. The summed E-state index contributed by atoms with van der Waals surface area (Å²) in [5, 5.41) is 13.5. The number of fused-ring (bicyclic) bond motifs is 4. The standard InChI is InChI=1S/C25H23BNO3S/c1-24(2,28)25(3,4)30-26-18-12-8-11-16-17-13-21-19(14-20(17)29-22(16)18)27-23(31-21)15-9-6-5-7-10-15/h5-14,28H,1-4H3. The summed E-state index contributed by atoms with van der Waals surface area (Å²) in [7, 11) is 1.68. The number of rotatable bonds is 5. The van der Waals surface area contributed by atoms with E-state index in [4.69, 9.17) is 14.1 Å². The van der Waals surface area contributed by atoms with Crippen molar-refractivity contribution in [3.05, 3.63) is 60.7 Å². The van der Waals surface area contributed by atoms with Crippen LogP contribution in [0.3, 0.4) is 0 Å². The highest BCUT2D eigenvalue weighted by Crippen LogP contribution is 2.36. The average molecular weight is 428 g/mol. The third-order valence-corrected chi connectivity index (χ3v) is 7.08. The first kappa shape index (κ1) is 20.2. The van der Waals surface area contributed by atoms with Crippen LogP contribution >= 0.6 is 11.3 Å². The molecule has 6 heteroatoms. The monoisotopic (exact) mass is 428 g/mol. The minimum atomic E-state index is -0.988. The first-order valence-electron chi connectivity index (χ1n) is 10.3. The van der Waals surface area contributed by atoms with Gasteiger partial charge in [0.25, 0.3) is 0 Å². The molecule has 0 aliphatic rings. The number of aliphatic hydroxyl groups is 1. The van der Waals surface area contributed by atoms with Crippen molar-refractivity contribution in [3.8, 4) is 10.6 Å². The third-order valence-electron chi connectivity index (χ3n) is 6.01. The van der Waals surface area contributed by atoms with E-state index in [2.05, 4.69) is 24.3 Å². The van der Waals surface area contributed by atoms with Gasteiger partial charge in [-0.3, -0.25) is 0 Å². The topological polar surface area (TPSA) is 55.5 Å². The Hall–Kier alpha value is -2.67. The highest BCUT2D eigenvalue weighted by atomic mass is 32.1. The number of hydrogen-bond donors (Lipinski definition) is 1. The molecule has 155 valence electrons. The van der Waals surface area contributed by atoms with Gasteiger partial charge in [0.05, 0.1) is 21.4 Å². The SMILES string of the molecule is CC(C)(O)C(C)(C)O[B]c1cccc2c1oc1cc3nc(-c4ccccc4)sc3cc12. The second kappa shape index (κ2) is 7.19. The first-order chi connectivity index (χ1) is 14.7. The molecule has 5 rings (SSSR count). The van der Waals surface area contributed by atoms with E-state index in [1.165, 1.54) is 0 Å². The quantitative estimate of drug-likeness (QED) is 0.367. The van der Waals surface area contributed by atoms with Crippen LogP contribution in [0.15, 0.2) is 65.1 Å². The van der Waals surface area contributed by atoms with Crippen LogP contribution in [0, 0.1) is 0 Å². The van der Waals surface area contributed by atoms with Gasteiger partial charge in [0, 0.05) is 22.4 Å². The molecule has 1 radical (unpaired) electrons. The highest BCUT2D eigenvalue weighted by molar-refractivity contribution is 7.21. The fraction of sp³-hybridized carbons (Fsp3) is 0.240. The van der Waals surface area contributed by atoms with E-state index in [9.17, 15) is 5.11 Å². The Kier molecular flexibility index (Phi) is 4.70. The minimum absolute atomic E-state index is 0.748. The Balaban J connectivity index is 1.56. The Labute approximate surface area is 185 Å². The number of hydrogen-bond acceptors (Lipinski definition) is 5. The van der Waals surface area contributed by atoms with Crippen molar-refractivity contribution >= 4 is 56.4 Å². The molecule has 2 aromatic heterocycles. The maximum Gasteiger partial charge on any atom is 0.334 e. The molecular formula is C25H23BNO3S. The van der Waals surface area contributed by atoms with Crippen molar-refractivity contribution < 1.29 is 14.2 Å². The average Bonchev–Trinajstić information content (AvgIpc) is 3.31. The largest absolute Gasteiger partial charge is 0.456 e. The molecule has 0 bridgehead atoms. The van der Waals surface area contributed by atoms with Crippen LogP contribution in [0.2, 0.25) is 0 Å². The molecule has 5 aromatic rings. The van der Waals surface area contributed by atoms with Gasteiger partial charge in [-0.15, -0.1) is 11.3 Å². The summed E-state index contributed by atoms with van der Waals surface area (Å²) in [6.07, 6.45) is 0. The van der Waals surface area contributed by atoms with E-state index < -0.39 is 11.2 Å². The zero-order chi connectivity index (χ0) is 21.8. The normalized spacial score (nSPS) is 12.8. The van der Waals surface area contributed by atoms with Crippen LogP contribution in [-0.4, -0.2) is 28.8 Å². The lowest BCUT2D eigenvalue weighted by molar-refractivity contribution is -0.0893. The summed E-state index contributed by atoms with van der Waals surface area (Å²) in [6, 6.07) is 20.4. The lowest BCUT2D eigenvalue weighted by atomic mass is 9.82. The van der Waals surface area contributed by atoms with E-state index in [-0.39, 0.29) is 0 Å².